The molecule has 2 aliphatic rings. The lowest BCUT2D eigenvalue weighted by Crippen LogP contribution is -2.41. The Bertz CT molecular complexity index is 163. The lowest BCUT2D eigenvalue weighted by atomic mass is 10.1. The van der Waals surface area contributed by atoms with Crippen LogP contribution in [0, 0.1) is 5.41 Å². The lowest BCUT2D eigenvalue weighted by molar-refractivity contribution is 0.191. The van der Waals surface area contributed by atoms with Crippen LogP contribution < -0.4 is 5.32 Å². The van der Waals surface area contributed by atoms with E-state index in [1.165, 1.54) is 38.8 Å². The lowest BCUT2D eigenvalue weighted by Gasteiger charge is -2.26. The van der Waals surface area contributed by atoms with Crippen LogP contribution in [-0.2, 0) is 0 Å². The van der Waals surface area contributed by atoms with E-state index in [0.717, 1.165) is 0 Å². The normalized spacial score (nSPS) is 34.0. The van der Waals surface area contributed by atoms with Gasteiger partial charge >= 0.3 is 0 Å². The number of hydrogen-bond acceptors (Lipinski definition) is 2. The first-order chi connectivity index (χ1) is 5.73. The smallest absolute Gasteiger partial charge is 0.0595 e. The zero-order valence-electron chi connectivity index (χ0n) is 8.27. The maximum atomic E-state index is 3.39. The molecule has 1 saturated carbocycles. The van der Waals surface area contributed by atoms with Gasteiger partial charge in [-0.2, -0.15) is 0 Å². The zero-order valence-corrected chi connectivity index (χ0v) is 8.27. The quantitative estimate of drug-likeness (QED) is 0.686. The van der Waals surface area contributed by atoms with Gasteiger partial charge < -0.3 is 5.32 Å². The van der Waals surface area contributed by atoms with Crippen molar-refractivity contribution in [3.8, 4) is 0 Å². The third-order valence-electron chi connectivity index (χ3n) is 3.39. The molecule has 1 N–H and O–H groups in total. The predicted molar refractivity (Wildman–Crippen MR) is 51.0 cm³/mol. The van der Waals surface area contributed by atoms with Crippen LogP contribution in [-0.4, -0.2) is 31.2 Å². The molecule has 0 aromatic heterocycles. The van der Waals surface area contributed by atoms with E-state index in [0.29, 0.717) is 11.6 Å². The average Bonchev–Trinajstić information content (AvgIpc) is 2.64. The molecular formula is C10H20N2. The monoisotopic (exact) mass is 168 g/mol. The van der Waals surface area contributed by atoms with Gasteiger partial charge in [0.05, 0.1) is 6.17 Å². The predicted octanol–water partition coefficient (Wildman–Crippen LogP) is 1.43. The Morgan fingerprint density at radius 3 is 2.83 bits per heavy atom. The average molecular weight is 168 g/mol. The van der Waals surface area contributed by atoms with Crippen molar-refractivity contribution in [1.29, 1.82) is 0 Å². The highest BCUT2D eigenvalue weighted by Gasteiger charge is 2.40. The minimum absolute atomic E-state index is 0.669. The first-order valence-corrected chi connectivity index (χ1v) is 5.15. The maximum Gasteiger partial charge on any atom is 0.0595 e. The summed E-state index contributed by atoms with van der Waals surface area (Å²) in [5.41, 5.74) is 0.680. The van der Waals surface area contributed by atoms with Crippen LogP contribution in [0.25, 0.3) is 0 Å². The second-order valence-electron chi connectivity index (χ2n) is 4.73. The van der Waals surface area contributed by atoms with Crippen molar-refractivity contribution in [2.45, 2.75) is 38.8 Å². The highest BCUT2D eigenvalue weighted by molar-refractivity contribution is 4.93. The Labute approximate surface area is 75.3 Å². The van der Waals surface area contributed by atoms with Gasteiger partial charge in [0, 0.05) is 6.54 Å². The first kappa shape index (κ1) is 8.52. The number of likely N-dealkylation sites (tertiary alicyclic amines) is 1. The molecule has 1 atom stereocenters. The van der Waals surface area contributed by atoms with Gasteiger partial charge in [0.2, 0.25) is 0 Å². The molecule has 0 radical (unpaired) electrons. The highest BCUT2D eigenvalue weighted by atomic mass is 15.3. The largest absolute Gasteiger partial charge is 0.305 e. The van der Waals surface area contributed by atoms with E-state index in [1.54, 1.807) is 0 Å². The fourth-order valence-electron chi connectivity index (χ4n) is 2.20. The third-order valence-corrected chi connectivity index (χ3v) is 3.39. The number of hydrogen-bond donors (Lipinski definition) is 1. The van der Waals surface area contributed by atoms with E-state index in [2.05, 4.69) is 24.2 Å². The Morgan fingerprint density at radius 2 is 2.25 bits per heavy atom. The summed E-state index contributed by atoms with van der Waals surface area (Å²) in [5.74, 6) is 0. The second kappa shape index (κ2) is 3.00. The summed E-state index contributed by atoms with van der Waals surface area (Å²) in [5, 5.41) is 3.39. The molecule has 0 bridgehead atoms. The van der Waals surface area contributed by atoms with Crippen LogP contribution in [0.15, 0.2) is 0 Å². The van der Waals surface area contributed by atoms with Gasteiger partial charge in [-0.25, -0.2) is 0 Å². The van der Waals surface area contributed by atoms with Crippen molar-refractivity contribution in [2.75, 3.05) is 20.1 Å². The van der Waals surface area contributed by atoms with Crippen molar-refractivity contribution in [3.05, 3.63) is 0 Å². The Hall–Kier alpha value is -0.0800. The molecule has 1 heterocycles. The summed E-state index contributed by atoms with van der Waals surface area (Å²) >= 11 is 0. The molecule has 0 aromatic carbocycles. The summed E-state index contributed by atoms with van der Waals surface area (Å²) in [4.78, 5) is 2.62. The van der Waals surface area contributed by atoms with Crippen LogP contribution in [0.4, 0.5) is 0 Å². The van der Waals surface area contributed by atoms with Gasteiger partial charge in [0.25, 0.3) is 0 Å². The van der Waals surface area contributed by atoms with Crippen molar-refractivity contribution < 1.29 is 0 Å². The molecule has 1 saturated heterocycles. The fraction of sp³-hybridized carbons (Fsp3) is 1.00. The summed E-state index contributed by atoms with van der Waals surface area (Å²) in [6.45, 7) is 5.04. The van der Waals surface area contributed by atoms with E-state index in [1.807, 2.05) is 0 Å². The van der Waals surface area contributed by atoms with Gasteiger partial charge in [-0.05, 0) is 44.7 Å². The van der Waals surface area contributed by atoms with Gasteiger partial charge in [-0.1, -0.05) is 6.92 Å². The van der Waals surface area contributed by atoms with Crippen molar-refractivity contribution in [3.63, 3.8) is 0 Å². The SMILES string of the molecule is CN[C@H]1CCCN1CC1(C)CC1. The molecule has 2 rings (SSSR count). The summed E-state index contributed by atoms with van der Waals surface area (Å²) < 4.78 is 0. The third kappa shape index (κ3) is 1.64. The maximum absolute atomic E-state index is 3.39. The Kier molecular flexibility index (Phi) is 2.13. The molecule has 70 valence electrons. The molecule has 2 nitrogen and oxygen atoms in total. The van der Waals surface area contributed by atoms with E-state index in [-0.39, 0.29) is 0 Å². The van der Waals surface area contributed by atoms with Crippen molar-refractivity contribution >= 4 is 0 Å². The van der Waals surface area contributed by atoms with Gasteiger partial charge in [-0.3, -0.25) is 4.90 Å². The van der Waals surface area contributed by atoms with Crippen LogP contribution in [0.3, 0.4) is 0 Å². The van der Waals surface area contributed by atoms with Crippen LogP contribution >= 0.6 is 0 Å². The number of nitrogens with zero attached hydrogens (tertiary/aromatic N) is 1. The van der Waals surface area contributed by atoms with Crippen LogP contribution in [0.5, 0.6) is 0 Å². The molecule has 12 heavy (non-hydrogen) atoms. The molecule has 0 unspecified atom stereocenters. The van der Waals surface area contributed by atoms with Gasteiger partial charge in [0.15, 0.2) is 0 Å². The molecule has 2 heteroatoms. The molecule has 0 spiro atoms. The van der Waals surface area contributed by atoms with E-state index < -0.39 is 0 Å². The van der Waals surface area contributed by atoms with Gasteiger partial charge in [-0.15, -0.1) is 0 Å². The highest BCUT2D eigenvalue weighted by Crippen LogP contribution is 2.46. The number of nitrogens with one attached hydrogen (secondary N) is 1. The Balaban J connectivity index is 1.85. The molecule has 0 aromatic rings. The minimum Gasteiger partial charge on any atom is -0.305 e. The zero-order chi connectivity index (χ0) is 8.60. The molecule has 1 aliphatic heterocycles. The van der Waals surface area contributed by atoms with Crippen LogP contribution in [0.2, 0.25) is 0 Å². The fourth-order valence-corrected chi connectivity index (χ4v) is 2.20. The van der Waals surface area contributed by atoms with Crippen molar-refractivity contribution in [1.82, 2.24) is 10.2 Å². The van der Waals surface area contributed by atoms with E-state index in [9.17, 15) is 0 Å². The Morgan fingerprint density at radius 1 is 1.50 bits per heavy atom. The molecular weight excluding hydrogens is 148 g/mol. The van der Waals surface area contributed by atoms with E-state index >= 15 is 0 Å². The molecule has 0 amide bonds. The molecule has 2 fully saturated rings. The van der Waals surface area contributed by atoms with Crippen LogP contribution in [0.1, 0.15) is 32.6 Å². The van der Waals surface area contributed by atoms with Gasteiger partial charge in [0.1, 0.15) is 0 Å². The second-order valence-corrected chi connectivity index (χ2v) is 4.73. The summed E-state index contributed by atoms with van der Waals surface area (Å²) in [6.07, 6.45) is 6.27. The minimum atomic E-state index is 0.669. The summed E-state index contributed by atoms with van der Waals surface area (Å²) in [6, 6.07) is 0. The molecule has 1 aliphatic carbocycles. The number of rotatable bonds is 3. The topological polar surface area (TPSA) is 15.3 Å². The van der Waals surface area contributed by atoms with Crippen molar-refractivity contribution in [2.24, 2.45) is 5.41 Å². The van der Waals surface area contributed by atoms with E-state index in [4.69, 9.17) is 0 Å². The summed E-state index contributed by atoms with van der Waals surface area (Å²) in [7, 11) is 2.08. The standard InChI is InChI=1S/C10H20N2/c1-10(5-6-10)8-12-7-3-4-9(12)11-2/h9,11H,3-8H2,1-2H3/t9-/m1/s1. The first-order valence-electron chi connectivity index (χ1n) is 5.15.